The number of nitrogens with one attached hydrogen (secondary N) is 1. The van der Waals surface area contributed by atoms with Crippen LogP contribution in [0.3, 0.4) is 0 Å². The second-order valence-electron chi connectivity index (χ2n) is 3.74. The molecule has 0 heterocycles. The Morgan fingerprint density at radius 1 is 1.38 bits per heavy atom. The summed E-state index contributed by atoms with van der Waals surface area (Å²) in [5, 5.41) is 21.1. The smallest absolute Gasteiger partial charge is 0.141 e. The van der Waals surface area contributed by atoms with E-state index in [1.54, 1.807) is 7.11 Å². The standard InChI is InChI=1S/C12H19NO3/c1-9-3-4-12(16-2)11(7-9)13-10(8-15)5-6-14/h3-4,7,10,13-15H,5-6,8H2,1-2H3. The number of anilines is 1. The van der Waals surface area contributed by atoms with E-state index in [1.807, 2.05) is 25.1 Å². The predicted octanol–water partition coefficient (Wildman–Crippen LogP) is 1.16. The average Bonchev–Trinajstić information content (AvgIpc) is 2.29. The van der Waals surface area contributed by atoms with Crippen LogP contribution in [0.1, 0.15) is 12.0 Å². The van der Waals surface area contributed by atoms with Gasteiger partial charge in [0.25, 0.3) is 0 Å². The van der Waals surface area contributed by atoms with Crippen LogP contribution in [0.15, 0.2) is 18.2 Å². The lowest BCUT2D eigenvalue weighted by Gasteiger charge is -2.18. The molecule has 0 aliphatic carbocycles. The van der Waals surface area contributed by atoms with Crippen molar-refractivity contribution in [3.63, 3.8) is 0 Å². The van der Waals surface area contributed by atoms with Crippen molar-refractivity contribution in [1.29, 1.82) is 0 Å². The van der Waals surface area contributed by atoms with Crippen LogP contribution in [0.25, 0.3) is 0 Å². The second-order valence-corrected chi connectivity index (χ2v) is 3.74. The molecule has 0 bridgehead atoms. The zero-order valence-electron chi connectivity index (χ0n) is 9.73. The van der Waals surface area contributed by atoms with E-state index in [2.05, 4.69) is 5.32 Å². The molecule has 90 valence electrons. The van der Waals surface area contributed by atoms with Crippen LogP contribution in [0, 0.1) is 6.92 Å². The van der Waals surface area contributed by atoms with Crippen molar-refractivity contribution >= 4 is 5.69 Å². The van der Waals surface area contributed by atoms with Gasteiger partial charge in [0, 0.05) is 6.61 Å². The van der Waals surface area contributed by atoms with Crippen LogP contribution in [0.2, 0.25) is 0 Å². The van der Waals surface area contributed by atoms with E-state index in [1.165, 1.54) is 0 Å². The van der Waals surface area contributed by atoms with Crippen LogP contribution in [0.4, 0.5) is 5.69 Å². The van der Waals surface area contributed by atoms with Gasteiger partial charge in [0.1, 0.15) is 5.75 Å². The number of benzene rings is 1. The van der Waals surface area contributed by atoms with Crippen molar-refractivity contribution in [1.82, 2.24) is 0 Å². The van der Waals surface area contributed by atoms with Crippen molar-refractivity contribution < 1.29 is 14.9 Å². The van der Waals surface area contributed by atoms with Gasteiger partial charge in [-0.05, 0) is 31.0 Å². The topological polar surface area (TPSA) is 61.7 Å². The number of methoxy groups -OCH3 is 1. The Bertz CT molecular complexity index is 328. The van der Waals surface area contributed by atoms with E-state index in [4.69, 9.17) is 14.9 Å². The molecule has 1 unspecified atom stereocenters. The van der Waals surface area contributed by atoms with Gasteiger partial charge in [-0.15, -0.1) is 0 Å². The van der Waals surface area contributed by atoms with Crippen molar-refractivity contribution in [3.8, 4) is 5.75 Å². The first-order chi connectivity index (χ1) is 7.71. The SMILES string of the molecule is COc1ccc(C)cc1NC(CO)CCO. The van der Waals surface area contributed by atoms with E-state index >= 15 is 0 Å². The molecular formula is C12H19NO3. The molecule has 1 aromatic rings. The fourth-order valence-electron chi connectivity index (χ4n) is 1.52. The normalized spacial score (nSPS) is 12.2. The molecule has 1 aromatic carbocycles. The molecule has 0 aliphatic heterocycles. The first-order valence-corrected chi connectivity index (χ1v) is 5.34. The van der Waals surface area contributed by atoms with Crippen LogP contribution >= 0.6 is 0 Å². The van der Waals surface area contributed by atoms with Gasteiger partial charge in [-0.25, -0.2) is 0 Å². The summed E-state index contributed by atoms with van der Waals surface area (Å²) < 4.78 is 5.22. The molecular weight excluding hydrogens is 206 g/mol. The van der Waals surface area contributed by atoms with Gasteiger partial charge in [0.15, 0.2) is 0 Å². The summed E-state index contributed by atoms with van der Waals surface area (Å²) in [4.78, 5) is 0. The lowest BCUT2D eigenvalue weighted by atomic mass is 10.1. The summed E-state index contributed by atoms with van der Waals surface area (Å²) in [6.45, 7) is 2.02. The fourth-order valence-corrected chi connectivity index (χ4v) is 1.52. The van der Waals surface area contributed by atoms with Gasteiger partial charge in [-0.1, -0.05) is 6.07 Å². The first-order valence-electron chi connectivity index (χ1n) is 5.34. The van der Waals surface area contributed by atoms with Crippen LogP contribution in [-0.4, -0.2) is 36.6 Å². The van der Waals surface area contributed by atoms with Gasteiger partial charge in [0.2, 0.25) is 0 Å². The summed E-state index contributed by atoms with van der Waals surface area (Å²) in [5.74, 6) is 0.738. The minimum absolute atomic E-state index is 0.0162. The number of aliphatic hydroxyl groups excluding tert-OH is 2. The summed E-state index contributed by atoms with van der Waals surface area (Å²) in [5.41, 5.74) is 1.96. The fraction of sp³-hybridized carbons (Fsp3) is 0.500. The number of ether oxygens (including phenoxy) is 1. The molecule has 0 aromatic heterocycles. The summed E-state index contributed by atoms with van der Waals surface area (Å²) in [6, 6.07) is 5.65. The van der Waals surface area contributed by atoms with E-state index in [9.17, 15) is 0 Å². The molecule has 0 radical (unpaired) electrons. The average molecular weight is 225 g/mol. The maximum absolute atomic E-state index is 9.14. The van der Waals surface area contributed by atoms with Crippen molar-refractivity contribution in [2.75, 3.05) is 25.6 Å². The van der Waals surface area contributed by atoms with Gasteiger partial charge in [0.05, 0.1) is 25.4 Å². The molecule has 3 N–H and O–H groups in total. The number of aryl methyl sites for hydroxylation is 1. The van der Waals surface area contributed by atoms with Crippen molar-refractivity contribution in [2.24, 2.45) is 0 Å². The van der Waals surface area contributed by atoms with Crippen molar-refractivity contribution in [2.45, 2.75) is 19.4 Å². The Balaban J connectivity index is 2.80. The van der Waals surface area contributed by atoms with Crippen molar-refractivity contribution in [3.05, 3.63) is 23.8 Å². The molecule has 1 rings (SSSR count). The highest BCUT2D eigenvalue weighted by molar-refractivity contribution is 5.58. The second kappa shape index (κ2) is 6.35. The molecule has 1 atom stereocenters. The zero-order valence-corrected chi connectivity index (χ0v) is 9.73. The predicted molar refractivity (Wildman–Crippen MR) is 63.9 cm³/mol. The Morgan fingerprint density at radius 3 is 2.69 bits per heavy atom. The van der Waals surface area contributed by atoms with Gasteiger partial charge >= 0.3 is 0 Å². The minimum atomic E-state index is -0.152. The van der Waals surface area contributed by atoms with Crippen LogP contribution in [-0.2, 0) is 0 Å². The van der Waals surface area contributed by atoms with Crippen LogP contribution in [0.5, 0.6) is 5.75 Å². The third-order valence-corrected chi connectivity index (χ3v) is 2.41. The van der Waals surface area contributed by atoms with Crippen LogP contribution < -0.4 is 10.1 Å². The molecule has 16 heavy (non-hydrogen) atoms. The Kier molecular flexibility index (Phi) is 5.08. The molecule has 0 aliphatic rings. The largest absolute Gasteiger partial charge is 0.495 e. The molecule has 4 heteroatoms. The Hall–Kier alpha value is -1.26. The summed E-state index contributed by atoms with van der Waals surface area (Å²) in [6.07, 6.45) is 0.508. The number of rotatable bonds is 6. The number of aliphatic hydroxyl groups is 2. The summed E-state index contributed by atoms with van der Waals surface area (Å²) >= 11 is 0. The van der Waals surface area contributed by atoms with E-state index in [-0.39, 0.29) is 19.3 Å². The Labute approximate surface area is 95.9 Å². The molecule has 0 saturated heterocycles. The lowest BCUT2D eigenvalue weighted by Crippen LogP contribution is -2.25. The first kappa shape index (κ1) is 12.8. The molecule has 0 saturated carbocycles. The summed E-state index contributed by atoms with van der Waals surface area (Å²) in [7, 11) is 1.61. The quantitative estimate of drug-likeness (QED) is 0.680. The third kappa shape index (κ3) is 3.40. The molecule has 0 amide bonds. The number of hydrogen-bond donors (Lipinski definition) is 3. The highest BCUT2D eigenvalue weighted by Gasteiger charge is 2.09. The zero-order chi connectivity index (χ0) is 12.0. The van der Waals surface area contributed by atoms with E-state index in [0.717, 1.165) is 17.0 Å². The lowest BCUT2D eigenvalue weighted by molar-refractivity contribution is 0.228. The molecule has 4 nitrogen and oxygen atoms in total. The third-order valence-electron chi connectivity index (χ3n) is 2.41. The van der Waals surface area contributed by atoms with Gasteiger partial charge < -0.3 is 20.3 Å². The minimum Gasteiger partial charge on any atom is -0.495 e. The highest BCUT2D eigenvalue weighted by Crippen LogP contribution is 2.26. The monoisotopic (exact) mass is 225 g/mol. The highest BCUT2D eigenvalue weighted by atomic mass is 16.5. The maximum atomic E-state index is 9.14. The maximum Gasteiger partial charge on any atom is 0.141 e. The van der Waals surface area contributed by atoms with Gasteiger partial charge in [-0.2, -0.15) is 0 Å². The van der Waals surface area contributed by atoms with E-state index in [0.29, 0.717) is 6.42 Å². The Morgan fingerprint density at radius 2 is 2.12 bits per heavy atom. The number of hydrogen-bond acceptors (Lipinski definition) is 4. The van der Waals surface area contributed by atoms with Gasteiger partial charge in [-0.3, -0.25) is 0 Å². The van der Waals surface area contributed by atoms with E-state index < -0.39 is 0 Å². The molecule has 0 fully saturated rings. The molecule has 0 spiro atoms.